The predicted octanol–water partition coefficient (Wildman–Crippen LogP) is -4.37. The van der Waals surface area contributed by atoms with Gasteiger partial charge in [0.2, 0.25) is 0 Å². The molecule has 0 fully saturated rings. The quantitative estimate of drug-likeness (QED) is 0.208. The number of halogens is 2. The van der Waals surface area contributed by atoms with Crippen LogP contribution in [0.25, 0.3) is 22.5 Å². The highest BCUT2D eigenvalue weighted by atomic mass is 35.5. The Kier molecular flexibility index (Phi) is 10.2. The van der Waals surface area contributed by atoms with E-state index in [9.17, 15) is 0 Å². The van der Waals surface area contributed by atoms with Gasteiger partial charge in [-0.25, -0.2) is 0 Å². The lowest BCUT2D eigenvalue weighted by Gasteiger charge is -2.04. The maximum absolute atomic E-state index is 6.19. The van der Waals surface area contributed by atoms with Crippen molar-refractivity contribution in [2.75, 3.05) is 0 Å². The summed E-state index contributed by atoms with van der Waals surface area (Å²) in [4.78, 5) is 6.49. The highest BCUT2D eigenvalue weighted by Crippen LogP contribution is 2.37. The summed E-state index contributed by atoms with van der Waals surface area (Å²) in [5.74, 6) is 3.14. The van der Waals surface area contributed by atoms with Crippen LogP contribution in [0.15, 0.2) is 52.9 Å². The average Bonchev–Trinajstić information content (AvgIpc) is 3.01. The van der Waals surface area contributed by atoms with Gasteiger partial charge in [-0.15, -0.1) is 0 Å². The molecule has 0 radical (unpaired) electrons. The van der Waals surface area contributed by atoms with E-state index in [0.717, 1.165) is 44.9 Å². The Bertz CT molecular complexity index is 1110. The molecule has 5 nitrogen and oxygen atoms in total. The Balaban J connectivity index is 0.00000272. The van der Waals surface area contributed by atoms with Gasteiger partial charge in [0.1, 0.15) is 11.5 Å². The summed E-state index contributed by atoms with van der Waals surface area (Å²) in [5, 5.41) is 0. The van der Waals surface area contributed by atoms with Crippen LogP contribution in [-0.2, 0) is 0 Å². The zero-order valence-electron chi connectivity index (χ0n) is 20.1. The molecule has 1 aromatic heterocycles. The first-order valence-electron chi connectivity index (χ1n) is 10.8. The van der Waals surface area contributed by atoms with Crippen LogP contribution < -0.4 is 46.3 Å². The number of nitrogens with one attached hydrogen (secondary N) is 2. The molecule has 0 saturated heterocycles. The Morgan fingerprint density at radius 1 is 0.697 bits per heavy atom. The van der Waals surface area contributed by atoms with Crippen molar-refractivity contribution < 1.29 is 39.2 Å². The van der Waals surface area contributed by atoms with Crippen molar-refractivity contribution in [3.05, 3.63) is 71.0 Å². The third kappa shape index (κ3) is 6.62. The standard InChI is InChI=1S/C26H32N4O.2ClH/c1-15(2)29-25(27)21-11-7-19(8-12-21)23-17(5)24(31-18(23)6)20-9-13-22(14-10-20)26(28)30-16(3)4;;/h7-16H,1-6H3,(H2,27,29)(H2,28,30);2*1H. The Hall–Kier alpha value is -2.76. The lowest BCUT2D eigenvalue weighted by Crippen LogP contribution is -3.00. The molecular formula is C26H34Cl2N4O. The molecule has 0 spiro atoms. The van der Waals surface area contributed by atoms with E-state index in [2.05, 4.69) is 68.9 Å². The largest absolute Gasteiger partial charge is 1.00 e. The van der Waals surface area contributed by atoms with E-state index in [1.807, 2.05) is 31.2 Å². The lowest BCUT2D eigenvalue weighted by atomic mass is 9.98. The molecule has 2 aromatic carbocycles. The van der Waals surface area contributed by atoms with E-state index in [1.54, 1.807) is 0 Å². The van der Waals surface area contributed by atoms with Gasteiger partial charge in [-0.1, -0.05) is 24.3 Å². The second-order valence-electron chi connectivity index (χ2n) is 8.57. The fourth-order valence-electron chi connectivity index (χ4n) is 3.76. The molecule has 0 amide bonds. The Morgan fingerprint density at radius 2 is 1.09 bits per heavy atom. The smallest absolute Gasteiger partial charge is 0.272 e. The highest BCUT2D eigenvalue weighted by Gasteiger charge is 2.18. The van der Waals surface area contributed by atoms with E-state index < -0.39 is 0 Å². The van der Waals surface area contributed by atoms with Crippen LogP contribution in [0.5, 0.6) is 0 Å². The molecule has 3 rings (SSSR count). The molecule has 0 saturated carbocycles. The number of hydrogen-bond donors (Lipinski definition) is 4. The number of furan rings is 1. The molecule has 0 aliphatic rings. The third-order valence-corrected chi connectivity index (χ3v) is 5.15. The zero-order chi connectivity index (χ0) is 22.7. The fraction of sp³-hybridized carbons (Fsp3) is 0.308. The highest BCUT2D eigenvalue weighted by molar-refractivity contribution is 5.94. The Labute approximate surface area is 209 Å². The lowest BCUT2D eigenvalue weighted by molar-refractivity contribution is -0.494. The molecule has 7 heteroatoms. The van der Waals surface area contributed by atoms with E-state index in [1.165, 1.54) is 0 Å². The number of benzene rings is 2. The van der Waals surface area contributed by atoms with E-state index >= 15 is 0 Å². The number of rotatable bonds is 6. The summed E-state index contributed by atoms with van der Waals surface area (Å²) >= 11 is 0. The first-order valence-corrected chi connectivity index (χ1v) is 10.8. The Morgan fingerprint density at radius 3 is 1.48 bits per heavy atom. The average molecular weight is 489 g/mol. The van der Waals surface area contributed by atoms with Gasteiger partial charge < -0.3 is 29.2 Å². The van der Waals surface area contributed by atoms with Crippen molar-refractivity contribution in [1.29, 1.82) is 0 Å². The number of amidine groups is 2. The molecule has 0 bridgehead atoms. The number of nitrogen functional groups attached to an aromatic ring is 2. The van der Waals surface area contributed by atoms with Crippen molar-refractivity contribution in [2.45, 2.75) is 53.6 Å². The molecule has 6 N–H and O–H groups in total. The van der Waals surface area contributed by atoms with Crippen LogP contribution in [-0.4, -0.2) is 23.8 Å². The van der Waals surface area contributed by atoms with Crippen molar-refractivity contribution in [3.63, 3.8) is 0 Å². The van der Waals surface area contributed by atoms with Crippen LogP contribution in [0.2, 0.25) is 0 Å². The van der Waals surface area contributed by atoms with Gasteiger partial charge in [0, 0.05) is 16.7 Å². The van der Waals surface area contributed by atoms with E-state index in [-0.39, 0.29) is 30.9 Å². The minimum Gasteiger partial charge on any atom is -1.00 e. The molecule has 178 valence electrons. The molecular weight excluding hydrogens is 455 g/mol. The first kappa shape index (κ1) is 28.3. The summed E-state index contributed by atoms with van der Waals surface area (Å²) in [6.07, 6.45) is 0. The second kappa shape index (κ2) is 11.9. The molecule has 33 heavy (non-hydrogen) atoms. The van der Waals surface area contributed by atoms with Gasteiger partial charge in [0.05, 0.1) is 23.2 Å². The number of hydrogen-bond acceptors (Lipinski definition) is 1. The van der Waals surface area contributed by atoms with Crippen LogP contribution in [0.4, 0.5) is 0 Å². The summed E-state index contributed by atoms with van der Waals surface area (Å²) in [6, 6.07) is 17.0. The van der Waals surface area contributed by atoms with Crippen LogP contribution in [0.1, 0.15) is 50.1 Å². The van der Waals surface area contributed by atoms with Crippen molar-refractivity contribution in [2.24, 2.45) is 11.5 Å². The monoisotopic (exact) mass is 488 g/mol. The normalized spacial score (nSPS) is 12.0. The SMILES string of the molecule is Cc1oc(-c2ccc(C(N)=[NH+]C(C)C)cc2)c(C)c1-c1ccc(C(N)=[NH+]C(C)C)cc1.[Cl-].[Cl-]. The molecule has 0 unspecified atom stereocenters. The van der Waals surface area contributed by atoms with Gasteiger partial charge >= 0.3 is 0 Å². The van der Waals surface area contributed by atoms with E-state index in [0.29, 0.717) is 17.7 Å². The van der Waals surface area contributed by atoms with Crippen molar-refractivity contribution in [3.8, 4) is 22.5 Å². The summed E-state index contributed by atoms with van der Waals surface area (Å²) in [5.41, 5.74) is 18.6. The van der Waals surface area contributed by atoms with Crippen LogP contribution in [0.3, 0.4) is 0 Å². The topological polar surface area (TPSA) is 93.1 Å². The molecule has 0 aliphatic heterocycles. The minimum atomic E-state index is 0. The molecule has 1 heterocycles. The van der Waals surface area contributed by atoms with E-state index in [4.69, 9.17) is 15.9 Å². The molecule has 0 atom stereocenters. The fourth-order valence-corrected chi connectivity index (χ4v) is 3.76. The van der Waals surface area contributed by atoms with Crippen LogP contribution >= 0.6 is 0 Å². The minimum absolute atomic E-state index is 0. The zero-order valence-corrected chi connectivity index (χ0v) is 21.6. The predicted molar refractivity (Wildman–Crippen MR) is 128 cm³/mol. The van der Waals surface area contributed by atoms with Gasteiger partial charge in [-0.2, -0.15) is 0 Å². The first-order chi connectivity index (χ1) is 14.7. The number of aryl methyl sites for hydroxylation is 1. The molecule has 3 aromatic rings. The molecule has 0 aliphatic carbocycles. The summed E-state index contributed by atoms with van der Waals surface area (Å²) in [6.45, 7) is 12.4. The number of nitrogens with two attached hydrogens (primary N) is 2. The van der Waals surface area contributed by atoms with Gasteiger partial charge in [0.25, 0.3) is 11.7 Å². The van der Waals surface area contributed by atoms with Gasteiger partial charge in [-0.05, 0) is 71.4 Å². The third-order valence-electron chi connectivity index (χ3n) is 5.15. The van der Waals surface area contributed by atoms with Crippen molar-refractivity contribution in [1.82, 2.24) is 0 Å². The maximum Gasteiger partial charge on any atom is 0.272 e. The van der Waals surface area contributed by atoms with Crippen molar-refractivity contribution >= 4 is 11.7 Å². The summed E-state index contributed by atoms with van der Waals surface area (Å²) < 4.78 is 6.19. The van der Waals surface area contributed by atoms with Gasteiger partial charge in [0.15, 0.2) is 0 Å². The van der Waals surface area contributed by atoms with Crippen LogP contribution in [0, 0.1) is 13.8 Å². The summed E-state index contributed by atoms with van der Waals surface area (Å²) in [7, 11) is 0. The second-order valence-corrected chi connectivity index (χ2v) is 8.57. The maximum atomic E-state index is 6.19. The van der Waals surface area contributed by atoms with Gasteiger partial charge in [-0.3, -0.25) is 21.5 Å².